The molecule has 1 N–H and O–H groups in total. The Morgan fingerprint density at radius 3 is 3.27 bits per heavy atom. The van der Waals surface area contributed by atoms with E-state index in [0.29, 0.717) is 0 Å². The average Bonchev–Trinajstić information content (AvgIpc) is 2.28. The second-order valence-corrected chi connectivity index (χ2v) is 4.39. The van der Waals surface area contributed by atoms with Crippen molar-refractivity contribution >= 4 is 5.69 Å². The molecule has 0 aromatic carbocycles. The summed E-state index contributed by atoms with van der Waals surface area (Å²) in [6.07, 6.45) is 6.36. The van der Waals surface area contributed by atoms with Gasteiger partial charge in [-0.05, 0) is 44.5 Å². The van der Waals surface area contributed by atoms with Gasteiger partial charge in [0.1, 0.15) is 0 Å². The van der Waals surface area contributed by atoms with Crippen LogP contribution in [0.25, 0.3) is 0 Å². The molecular weight excluding hydrogens is 186 g/mol. The van der Waals surface area contributed by atoms with Crippen molar-refractivity contribution in [3.63, 3.8) is 0 Å². The highest BCUT2D eigenvalue weighted by atomic mass is 15.1. The second kappa shape index (κ2) is 5.12. The lowest BCUT2D eigenvalue weighted by atomic mass is 9.98. The second-order valence-electron chi connectivity index (χ2n) is 4.39. The maximum Gasteiger partial charge on any atom is 0.0526 e. The van der Waals surface area contributed by atoms with Gasteiger partial charge in [-0.15, -0.1) is 0 Å². The Labute approximate surface area is 91.5 Å². The number of rotatable bonds is 3. The van der Waals surface area contributed by atoms with Crippen LogP contribution in [0.3, 0.4) is 0 Å². The SMILES string of the molecule is CN1CCCC(CNc2cccnc2)C1. The highest BCUT2D eigenvalue weighted by Gasteiger charge is 2.16. The normalized spacial score (nSPS) is 22.6. The van der Waals surface area contributed by atoms with Crippen LogP contribution >= 0.6 is 0 Å². The summed E-state index contributed by atoms with van der Waals surface area (Å²) < 4.78 is 0. The first-order valence-electron chi connectivity index (χ1n) is 5.67. The summed E-state index contributed by atoms with van der Waals surface area (Å²) >= 11 is 0. The third-order valence-electron chi connectivity index (χ3n) is 2.98. The number of nitrogens with zero attached hydrogens (tertiary/aromatic N) is 2. The molecule has 3 nitrogen and oxygen atoms in total. The van der Waals surface area contributed by atoms with E-state index in [9.17, 15) is 0 Å². The summed E-state index contributed by atoms with van der Waals surface area (Å²) in [6.45, 7) is 3.53. The minimum atomic E-state index is 0.781. The van der Waals surface area contributed by atoms with Crippen LogP contribution in [-0.2, 0) is 0 Å². The summed E-state index contributed by atoms with van der Waals surface area (Å²) in [5.41, 5.74) is 1.13. The highest BCUT2D eigenvalue weighted by Crippen LogP contribution is 2.15. The fourth-order valence-electron chi connectivity index (χ4n) is 2.17. The van der Waals surface area contributed by atoms with Gasteiger partial charge in [0.05, 0.1) is 5.69 Å². The molecule has 2 rings (SSSR count). The summed E-state index contributed by atoms with van der Waals surface area (Å²) in [5, 5.41) is 3.45. The minimum Gasteiger partial charge on any atom is -0.383 e. The highest BCUT2D eigenvalue weighted by molar-refractivity contribution is 5.39. The molecule has 2 heterocycles. The average molecular weight is 205 g/mol. The van der Waals surface area contributed by atoms with Crippen molar-refractivity contribution in [2.24, 2.45) is 5.92 Å². The molecule has 1 fully saturated rings. The van der Waals surface area contributed by atoms with E-state index in [-0.39, 0.29) is 0 Å². The van der Waals surface area contributed by atoms with Gasteiger partial charge in [0.15, 0.2) is 0 Å². The molecular formula is C12H19N3. The number of hydrogen-bond acceptors (Lipinski definition) is 3. The van der Waals surface area contributed by atoms with Gasteiger partial charge in [0.2, 0.25) is 0 Å². The Bertz CT molecular complexity index is 286. The zero-order chi connectivity index (χ0) is 10.5. The van der Waals surface area contributed by atoms with Gasteiger partial charge in [-0.2, -0.15) is 0 Å². The van der Waals surface area contributed by atoms with E-state index in [4.69, 9.17) is 0 Å². The van der Waals surface area contributed by atoms with Crippen molar-refractivity contribution in [2.75, 3.05) is 32.0 Å². The summed E-state index contributed by atoms with van der Waals surface area (Å²) in [7, 11) is 2.20. The predicted octanol–water partition coefficient (Wildman–Crippen LogP) is 1.84. The Morgan fingerprint density at radius 2 is 2.53 bits per heavy atom. The molecule has 1 aromatic rings. The minimum absolute atomic E-state index is 0.781. The lowest BCUT2D eigenvalue weighted by Crippen LogP contribution is -2.35. The third kappa shape index (κ3) is 3.20. The Hall–Kier alpha value is -1.09. The smallest absolute Gasteiger partial charge is 0.0526 e. The maximum absolute atomic E-state index is 4.09. The van der Waals surface area contributed by atoms with Crippen molar-refractivity contribution in [3.8, 4) is 0 Å². The van der Waals surface area contributed by atoms with Crippen LogP contribution in [0.2, 0.25) is 0 Å². The monoisotopic (exact) mass is 205 g/mol. The van der Waals surface area contributed by atoms with Crippen molar-refractivity contribution < 1.29 is 0 Å². The van der Waals surface area contributed by atoms with Crippen LogP contribution in [0, 0.1) is 5.92 Å². The summed E-state index contributed by atoms with van der Waals surface area (Å²) in [5.74, 6) is 0.781. The quantitative estimate of drug-likeness (QED) is 0.816. The molecule has 0 bridgehead atoms. The zero-order valence-corrected chi connectivity index (χ0v) is 9.32. The number of likely N-dealkylation sites (tertiary alicyclic amines) is 1. The lowest BCUT2D eigenvalue weighted by molar-refractivity contribution is 0.217. The maximum atomic E-state index is 4.09. The van der Waals surface area contributed by atoms with E-state index in [1.54, 1.807) is 6.20 Å². The van der Waals surface area contributed by atoms with E-state index < -0.39 is 0 Å². The van der Waals surface area contributed by atoms with Gasteiger partial charge in [0.25, 0.3) is 0 Å². The largest absolute Gasteiger partial charge is 0.383 e. The van der Waals surface area contributed by atoms with Crippen LogP contribution in [0.5, 0.6) is 0 Å². The molecule has 1 aromatic heterocycles. The molecule has 1 aliphatic heterocycles. The van der Waals surface area contributed by atoms with Crippen molar-refractivity contribution in [1.29, 1.82) is 0 Å². The van der Waals surface area contributed by atoms with Gasteiger partial charge >= 0.3 is 0 Å². The van der Waals surface area contributed by atoms with Crippen LogP contribution in [-0.4, -0.2) is 36.6 Å². The molecule has 0 radical (unpaired) electrons. The molecule has 1 unspecified atom stereocenters. The molecule has 0 spiro atoms. The number of aromatic nitrogens is 1. The van der Waals surface area contributed by atoms with Gasteiger partial charge in [-0.25, -0.2) is 0 Å². The summed E-state index contributed by atoms with van der Waals surface area (Å²) in [6, 6.07) is 4.04. The number of pyridine rings is 1. The van der Waals surface area contributed by atoms with Crippen LogP contribution in [0.1, 0.15) is 12.8 Å². The molecule has 1 saturated heterocycles. The van der Waals surface area contributed by atoms with Crippen LogP contribution < -0.4 is 5.32 Å². The van der Waals surface area contributed by atoms with Crippen LogP contribution in [0.4, 0.5) is 5.69 Å². The van der Waals surface area contributed by atoms with Gasteiger partial charge < -0.3 is 10.2 Å². The molecule has 0 aliphatic carbocycles. The lowest BCUT2D eigenvalue weighted by Gasteiger charge is -2.29. The van der Waals surface area contributed by atoms with E-state index in [1.165, 1.54) is 25.9 Å². The molecule has 0 saturated carbocycles. The standard InChI is InChI=1S/C12H19N3/c1-15-7-3-4-11(10-15)8-14-12-5-2-6-13-9-12/h2,5-6,9,11,14H,3-4,7-8,10H2,1H3. The van der Waals surface area contributed by atoms with Gasteiger partial charge in [-0.3, -0.25) is 4.98 Å². The molecule has 0 amide bonds. The molecule has 1 aliphatic rings. The van der Waals surface area contributed by atoms with E-state index >= 15 is 0 Å². The van der Waals surface area contributed by atoms with E-state index in [2.05, 4.69) is 28.3 Å². The Morgan fingerprint density at radius 1 is 1.60 bits per heavy atom. The van der Waals surface area contributed by atoms with E-state index in [0.717, 1.165) is 18.2 Å². The third-order valence-corrected chi connectivity index (χ3v) is 2.98. The van der Waals surface area contributed by atoms with Gasteiger partial charge in [0, 0.05) is 25.5 Å². The predicted molar refractivity (Wildman–Crippen MR) is 62.9 cm³/mol. The Balaban J connectivity index is 1.78. The first-order chi connectivity index (χ1) is 7.34. The first-order valence-corrected chi connectivity index (χ1v) is 5.67. The molecule has 1 atom stereocenters. The first kappa shape index (κ1) is 10.4. The number of hydrogen-bond donors (Lipinski definition) is 1. The molecule has 15 heavy (non-hydrogen) atoms. The number of anilines is 1. The molecule has 3 heteroatoms. The van der Waals surface area contributed by atoms with Crippen LogP contribution in [0.15, 0.2) is 24.5 Å². The zero-order valence-electron chi connectivity index (χ0n) is 9.32. The summed E-state index contributed by atoms with van der Waals surface area (Å²) in [4.78, 5) is 6.51. The van der Waals surface area contributed by atoms with Crippen molar-refractivity contribution in [3.05, 3.63) is 24.5 Å². The van der Waals surface area contributed by atoms with E-state index in [1.807, 2.05) is 12.3 Å². The molecule has 82 valence electrons. The van der Waals surface area contributed by atoms with Crippen molar-refractivity contribution in [1.82, 2.24) is 9.88 Å². The van der Waals surface area contributed by atoms with Crippen molar-refractivity contribution in [2.45, 2.75) is 12.8 Å². The number of piperidine rings is 1. The number of nitrogens with one attached hydrogen (secondary N) is 1. The topological polar surface area (TPSA) is 28.2 Å². The Kier molecular flexibility index (Phi) is 3.56. The van der Waals surface area contributed by atoms with Gasteiger partial charge in [-0.1, -0.05) is 0 Å². The fraction of sp³-hybridized carbons (Fsp3) is 0.583. The fourth-order valence-corrected chi connectivity index (χ4v) is 2.17.